The molecule has 2 aromatic carbocycles. The molecule has 0 aliphatic carbocycles. The maximum Gasteiger partial charge on any atom is 0.573 e. The first-order valence-electron chi connectivity index (χ1n) is 6.57. The first-order chi connectivity index (χ1) is 11.7. The molecule has 5 nitrogen and oxygen atoms in total. The lowest BCUT2D eigenvalue weighted by molar-refractivity contribution is -0.274. The van der Waals surface area contributed by atoms with E-state index in [0.717, 1.165) is 24.3 Å². The number of hydrogen-bond donors (Lipinski definition) is 2. The Kier molecular flexibility index (Phi) is 5.76. The number of benzene rings is 2. The van der Waals surface area contributed by atoms with Crippen LogP contribution < -0.4 is 15.6 Å². The molecular formula is C15H9Cl2F3N2O3. The summed E-state index contributed by atoms with van der Waals surface area (Å²) in [4.78, 5) is 23.8. The molecule has 0 fully saturated rings. The third-order valence-corrected chi connectivity index (χ3v) is 3.36. The molecule has 0 heterocycles. The second-order valence-electron chi connectivity index (χ2n) is 4.60. The first-order valence-corrected chi connectivity index (χ1v) is 7.33. The fourth-order valence-electron chi connectivity index (χ4n) is 1.73. The van der Waals surface area contributed by atoms with E-state index in [2.05, 4.69) is 15.6 Å². The highest BCUT2D eigenvalue weighted by atomic mass is 35.5. The number of nitrogens with one attached hydrogen (secondary N) is 2. The number of amides is 2. The lowest BCUT2D eigenvalue weighted by Gasteiger charge is -2.10. The van der Waals surface area contributed by atoms with Gasteiger partial charge in [-0.2, -0.15) is 0 Å². The Morgan fingerprint density at radius 2 is 1.52 bits per heavy atom. The lowest BCUT2D eigenvalue weighted by Crippen LogP contribution is -2.41. The highest BCUT2D eigenvalue weighted by Crippen LogP contribution is 2.23. The van der Waals surface area contributed by atoms with Gasteiger partial charge < -0.3 is 4.74 Å². The smallest absolute Gasteiger partial charge is 0.406 e. The summed E-state index contributed by atoms with van der Waals surface area (Å²) in [6.45, 7) is 0. The molecule has 2 aromatic rings. The Hall–Kier alpha value is -2.45. The Labute approximate surface area is 149 Å². The normalized spacial score (nSPS) is 10.9. The Morgan fingerprint density at radius 1 is 0.920 bits per heavy atom. The van der Waals surface area contributed by atoms with Gasteiger partial charge in [0.15, 0.2) is 0 Å². The van der Waals surface area contributed by atoms with Crippen LogP contribution in [0, 0.1) is 0 Å². The van der Waals surface area contributed by atoms with E-state index in [9.17, 15) is 22.8 Å². The van der Waals surface area contributed by atoms with E-state index < -0.39 is 23.9 Å². The molecule has 0 spiro atoms. The van der Waals surface area contributed by atoms with Crippen LogP contribution in [0.4, 0.5) is 13.2 Å². The SMILES string of the molecule is O=C(NNC(=O)c1ccc(Cl)cc1Cl)c1ccc(OC(F)(F)F)cc1. The highest BCUT2D eigenvalue weighted by Gasteiger charge is 2.31. The van der Waals surface area contributed by atoms with Crippen molar-refractivity contribution in [1.82, 2.24) is 10.9 Å². The fourth-order valence-corrected chi connectivity index (χ4v) is 2.23. The second-order valence-corrected chi connectivity index (χ2v) is 5.45. The van der Waals surface area contributed by atoms with E-state index in [0.29, 0.717) is 5.02 Å². The predicted octanol–water partition coefficient (Wildman–Crippen LogP) is 3.97. The van der Waals surface area contributed by atoms with Gasteiger partial charge in [-0.15, -0.1) is 13.2 Å². The zero-order chi connectivity index (χ0) is 18.6. The second kappa shape index (κ2) is 7.62. The van der Waals surface area contributed by atoms with Crippen molar-refractivity contribution < 1.29 is 27.5 Å². The number of ether oxygens (including phenoxy) is 1. The molecule has 2 N–H and O–H groups in total. The molecular weight excluding hydrogens is 384 g/mol. The van der Waals surface area contributed by atoms with Gasteiger partial charge in [0.2, 0.25) is 0 Å². The molecule has 25 heavy (non-hydrogen) atoms. The van der Waals surface area contributed by atoms with Crippen LogP contribution in [0.25, 0.3) is 0 Å². The van der Waals surface area contributed by atoms with Gasteiger partial charge in [-0.05, 0) is 42.5 Å². The molecule has 0 unspecified atom stereocenters. The summed E-state index contributed by atoms with van der Waals surface area (Å²) >= 11 is 11.6. The van der Waals surface area contributed by atoms with Gasteiger partial charge in [0.25, 0.3) is 11.8 Å². The van der Waals surface area contributed by atoms with Crippen molar-refractivity contribution in [2.24, 2.45) is 0 Å². The third kappa shape index (κ3) is 5.54. The average Bonchev–Trinajstić information content (AvgIpc) is 2.51. The first kappa shape index (κ1) is 18.9. The van der Waals surface area contributed by atoms with Crippen molar-refractivity contribution in [3.63, 3.8) is 0 Å². The molecule has 0 bridgehead atoms. The molecule has 10 heteroatoms. The number of hydrazine groups is 1. The largest absolute Gasteiger partial charge is 0.573 e. The van der Waals surface area contributed by atoms with E-state index in [1.54, 1.807) is 0 Å². The van der Waals surface area contributed by atoms with Crippen molar-refractivity contribution in [2.45, 2.75) is 6.36 Å². The molecule has 0 aliphatic rings. The summed E-state index contributed by atoms with van der Waals surface area (Å²) in [7, 11) is 0. The minimum atomic E-state index is -4.82. The quantitative estimate of drug-likeness (QED) is 0.776. The minimum absolute atomic E-state index is 0.0111. The molecule has 132 valence electrons. The van der Waals surface area contributed by atoms with Gasteiger partial charge in [-0.25, -0.2) is 0 Å². The van der Waals surface area contributed by atoms with Crippen molar-refractivity contribution in [2.75, 3.05) is 0 Å². The molecule has 2 amide bonds. The van der Waals surface area contributed by atoms with Crippen LogP contribution in [0.3, 0.4) is 0 Å². The number of carbonyl (C=O) groups is 2. The summed E-state index contributed by atoms with van der Waals surface area (Å²) in [5.74, 6) is -1.90. The zero-order valence-corrected chi connectivity index (χ0v) is 13.7. The molecule has 2 rings (SSSR count). The van der Waals surface area contributed by atoms with E-state index in [-0.39, 0.29) is 16.1 Å². The van der Waals surface area contributed by atoms with Gasteiger partial charge in [-0.1, -0.05) is 23.2 Å². The van der Waals surface area contributed by atoms with Crippen LogP contribution in [0.5, 0.6) is 5.75 Å². The van der Waals surface area contributed by atoms with Crippen molar-refractivity contribution in [3.8, 4) is 5.75 Å². The van der Waals surface area contributed by atoms with Gasteiger partial charge >= 0.3 is 6.36 Å². The summed E-state index contributed by atoms with van der Waals surface area (Å²) < 4.78 is 39.9. The zero-order valence-electron chi connectivity index (χ0n) is 12.2. The number of carbonyl (C=O) groups excluding carboxylic acids is 2. The van der Waals surface area contributed by atoms with Crippen LogP contribution in [0.2, 0.25) is 10.0 Å². The molecule has 0 atom stereocenters. The Morgan fingerprint density at radius 3 is 2.08 bits per heavy atom. The summed E-state index contributed by atoms with van der Waals surface area (Å²) in [5, 5.41) is 0.430. The fraction of sp³-hybridized carbons (Fsp3) is 0.0667. The Bertz CT molecular complexity index is 796. The summed E-state index contributed by atoms with van der Waals surface area (Å²) in [5.41, 5.74) is 4.34. The monoisotopic (exact) mass is 392 g/mol. The minimum Gasteiger partial charge on any atom is -0.406 e. The standard InChI is InChI=1S/C15H9Cl2F3N2O3/c16-9-3-6-11(12(17)7-9)14(24)22-21-13(23)8-1-4-10(5-2-8)25-15(18,19)20/h1-7H,(H,21,23)(H,22,24). The van der Waals surface area contributed by atoms with E-state index >= 15 is 0 Å². The van der Waals surface area contributed by atoms with Crippen LogP contribution in [-0.4, -0.2) is 18.2 Å². The van der Waals surface area contributed by atoms with Crippen LogP contribution in [0.15, 0.2) is 42.5 Å². The van der Waals surface area contributed by atoms with Crippen LogP contribution >= 0.6 is 23.2 Å². The van der Waals surface area contributed by atoms with Crippen LogP contribution in [-0.2, 0) is 0 Å². The molecule has 0 saturated carbocycles. The van der Waals surface area contributed by atoms with Gasteiger partial charge in [-0.3, -0.25) is 20.4 Å². The van der Waals surface area contributed by atoms with Crippen molar-refractivity contribution in [1.29, 1.82) is 0 Å². The number of halogens is 5. The Balaban J connectivity index is 1.96. The van der Waals surface area contributed by atoms with E-state index in [1.165, 1.54) is 18.2 Å². The van der Waals surface area contributed by atoms with E-state index in [1.807, 2.05) is 0 Å². The van der Waals surface area contributed by atoms with E-state index in [4.69, 9.17) is 23.2 Å². The molecule has 0 aromatic heterocycles. The lowest BCUT2D eigenvalue weighted by atomic mass is 10.2. The number of rotatable bonds is 3. The van der Waals surface area contributed by atoms with Crippen molar-refractivity contribution >= 4 is 35.0 Å². The topological polar surface area (TPSA) is 67.4 Å². The summed E-state index contributed by atoms with van der Waals surface area (Å²) in [6, 6.07) is 8.34. The highest BCUT2D eigenvalue weighted by molar-refractivity contribution is 6.36. The third-order valence-electron chi connectivity index (χ3n) is 2.82. The van der Waals surface area contributed by atoms with Gasteiger partial charge in [0.05, 0.1) is 10.6 Å². The number of hydrogen-bond acceptors (Lipinski definition) is 3. The molecule has 0 saturated heterocycles. The van der Waals surface area contributed by atoms with Crippen molar-refractivity contribution in [3.05, 3.63) is 63.6 Å². The van der Waals surface area contributed by atoms with Gasteiger partial charge in [0.1, 0.15) is 5.75 Å². The van der Waals surface area contributed by atoms with Crippen LogP contribution in [0.1, 0.15) is 20.7 Å². The molecule has 0 radical (unpaired) electrons. The maximum atomic E-state index is 12.1. The summed E-state index contributed by atoms with van der Waals surface area (Å²) in [6.07, 6.45) is -4.82. The van der Waals surface area contributed by atoms with Gasteiger partial charge in [0, 0.05) is 10.6 Å². The molecule has 0 aliphatic heterocycles. The maximum absolute atomic E-state index is 12.1. The predicted molar refractivity (Wildman–Crippen MR) is 84.5 cm³/mol. The average molecular weight is 393 g/mol. The number of alkyl halides is 3.